The molecule has 3 aromatic carbocycles. The minimum atomic E-state index is -0.297. The van der Waals surface area contributed by atoms with Gasteiger partial charge in [-0.1, -0.05) is 78.9 Å². The van der Waals surface area contributed by atoms with Crippen LogP contribution in [0.4, 0.5) is 16.6 Å². The van der Waals surface area contributed by atoms with Crippen molar-refractivity contribution < 1.29 is 4.79 Å². The number of amides is 1. The van der Waals surface area contributed by atoms with Crippen LogP contribution in [0.1, 0.15) is 10.4 Å². The van der Waals surface area contributed by atoms with Gasteiger partial charge in [0.1, 0.15) is 11.4 Å². The van der Waals surface area contributed by atoms with Crippen molar-refractivity contribution in [2.24, 2.45) is 0 Å². The van der Waals surface area contributed by atoms with Crippen LogP contribution in [0.3, 0.4) is 0 Å². The Labute approximate surface area is 205 Å². The van der Waals surface area contributed by atoms with E-state index in [4.69, 9.17) is 0 Å². The van der Waals surface area contributed by atoms with Gasteiger partial charge in [-0.3, -0.25) is 15.2 Å². The number of carbonyl (C=O) groups is 1. The van der Waals surface area contributed by atoms with E-state index in [1.165, 1.54) is 11.3 Å². The number of benzene rings is 3. The van der Waals surface area contributed by atoms with Crippen molar-refractivity contribution in [3.63, 3.8) is 0 Å². The van der Waals surface area contributed by atoms with Crippen molar-refractivity contribution >= 4 is 39.5 Å². The molecule has 0 aliphatic carbocycles. The summed E-state index contributed by atoms with van der Waals surface area (Å²) in [6.45, 7) is 0. The number of aromatic amines is 1. The minimum Gasteiger partial charge on any atom is -0.340 e. The topological polar surface area (TPSA) is 87.1 Å². The molecule has 0 atom stereocenters. The van der Waals surface area contributed by atoms with Gasteiger partial charge in [0.2, 0.25) is 0 Å². The molecule has 6 rings (SSSR count). The van der Waals surface area contributed by atoms with Gasteiger partial charge in [-0.15, -0.1) is 11.3 Å². The van der Waals surface area contributed by atoms with Crippen molar-refractivity contribution in [2.45, 2.75) is 0 Å². The molecule has 7 nitrogen and oxygen atoms in total. The van der Waals surface area contributed by atoms with Gasteiger partial charge in [0, 0.05) is 22.2 Å². The molecule has 0 radical (unpaired) electrons. The number of aromatic nitrogens is 4. The molecule has 0 aliphatic rings. The molecule has 3 aromatic heterocycles. The molecular weight excluding hydrogens is 456 g/mol. The maximum Gasteiger partial charge on any atom is 0.265 e. The third-order valence-electron chi connectivity index (χ3n) is 5.59. The zero-order valence-corrected chi connectivity index (χ0v) is 19.3. The van der Waals surface area contributed by atoms with Gasteiger partial charge < -0.3 is 5.32 Å². The zero-order chi connectivity index (χ0) is 23.6. The molecular formula is C27H20N6OS. The molecule has 35 heavy (non-hydrogen) atoms. The first-order valence-electron chi connectivity index (χ1n) is 11.1. The number of H-pyrrole nitrogens is 1. The summed E-state index contributed by atoms with van der Waals surface area (Å²) in [7, 11) is 0. The molecule has 0 bridgehead atoms. The molecule has 3 N–H and O–H groups in total. The van der Waals surface area contributed by atoms with E-state index in [0.717, 1.165) is 28.2 Å². The normalized spacial score (nSPS) is 11.0. The van der Waals surface area contributed by atoms with Crippen LogP contribution in [0.2, 0.25) is 0 Å². The van der Waals surface area contributed by atoms with Gasteiger partial charge >= 0.3 is 0 Å². The summed E-state index contributed by atoms with van der Waals surface area (Å²) in [4.78, 5) is 22.7. The summed E-state index contributed by atoms with van der Waals surface area (Å²) in [6.07, 6.45) is 1.77. The minimum absolute atomic E-state index is 0.297. The molecule has 3 heterocycles. The summed E-state index contributed by atoms with van der Waals surface area (Å²) in [5.74, 6) is 0.252. The van der Waals surface area contributed by atoms with Crippen LogP contribution in [-0.4, -0.2) is 25.5 Å². The van der Waals surface area contributed by atoms with Gasteiger partial charge in [0.05, 0.1) is 17.6 Å². The molecule has 0 spiro atoms. The standard InChI is InChI=1S/C27H20N6OS/c34-26(31-27-30-21(17-35-27)18-10-4-1-5-11-18)23-24(29-20-14-8-3-9-15-20)32-33-22(16-28-25(23)33)19-12-6-2-7-13-19/h1-17,29,32H,(H,30,31,34). The van der Waals surface area contributed by atoms with Crippen LogP contribution in [0.25, 0.3) is 28.2 Å². The van der Waals surface area contributed by atoms with Gasteiger partial charge in [-0.25, -0.2) is 14.5 Å². The second-order valence-electron chi connectivity index (χ2n) is 7.88. The molecule has 0 aliphatic heterocycles. The largest absolute Gasteiger partial charge is 0.340 e. The highest BCUT2D eigenvalue weighted by Gasteiger charge is 2.24. The fraction of sp³-hybridized carbons (Fsp3) is 0. The van der Waals surface area contributed by atoms with Crippen molar-refractivity contribution in [2.75, 3.05) is 10.6 Å². The second-order valence-corrected chi connectivity index (χ2v) is 8.74. The Balaban J connectivity index is 1.38. The number of thiazole rings is 1. The Kier molecular flexibility index (Phi) is 5.32. The lowest BCUT2D eigenvalue weighted by Gasteiger charge is -2.07. The molecule has 0 saturated heterocycles. The number of fused-ring (bicyclic) bond motifs is 1. The molecule has 1 amide bonds. The van der Waals surface area contributed by atoms with E-state index in [0.29, 0.717) is 22.2 Å². The van der Waals surface area contributed by atoms with Crippen LogP contribution in [0, 0.1) is 0 Å². The summed E-state index contributed by atoms with van der Waals surface area (Å²) < 4.78 is 1.83. The number of para-hydroxylation sites is 1. The summed E-state index contributed by atoms with van der Waals surface area (Å²) in [5.41, 5.74) is 5.46. The average Bonchev–Trinajstić information content (AvgIpc) is 3.61. The Morgan fingerprint density at radius 2 is 1.51 bits per heavy atom. The molecule has 8 heteroatoms. The Bertz CT molecular complexity index is 1600. The maximum atomic E-state index is 13.5. The summed E-state index contributed by atoms with van der Waals surface area (Å²) in [6, 6.07) is 29.5. The van der Waals surface area contributed by atoms with E-state index in [1.54, 1.807) is 6.20 Å². The van der Waals surface area contributed by atoms with Crippen LogP contribution < -0.4 is 10.6 Å². The lowest BCUT2D eigenvalue weighted by Crippen LogP contribution is -2.13. The van der Waals surface area contributed by atoms with Crippen molar-refractivity contribution in [1.82, 2.24) is 19.6 Å². The predicted octanol–water partition coefficient (Wildman–Crippen LogP) is 6.45. The van der Waals surface area contributed by atoms with Crippen LogP contribution in [-0.2, 0) is 0 Å². The van der Waals surface area contributed by atoms with Gasteiger partial charge in [-0.05, 0) is 12.1 Å². The van der Waals surface area contributed by atoms with E-state index in [1.807, 2.05) is 101 Å². The average molecular weight is 477 g/mol. The van der Waals surface area contributed by atoms with E-state index >= 15 is 0 Å². The Morgan fingerprint density at radius 1 is 0.857 bits per heavy atom. The number of rotatable bonds is 6. The van der Waals surface area contributed by atoms with Gasteiger partial charge in [0.25, 0.3) is 5.91 Å². The highest BCUT2D eigenvalue weighted by Crippen LogP contribution is 2.30. The third-order valence-corrected chi connectivity index (χ3v) is 6.35. The lowest BCUT2D eigenvalue weighted by molar-refractivity contribution is 0.102. The first-order valence-corrected chi connectivity index (χ1v) is 11.9. The summed E-state index contributed by atoms with van der Waals surface area (Å²) in [5, 5.41) is 12.1. The smallest absolute Gasteiger partial charge is 0.265 e. The zero-order valence-electron chi connectivity index (χ0n) is 18.5. The SMILES string of the molecule is O=C(Nc1nc(-c2ccccc2)cs1)c1c(Nc2ccccc2)[nH]n2c(-c3ccccc3)cnc12. The van der Waals surface area contributed by atoms with Crippen LogP contribution in [0.5, 0.6) is 0 Å². The Morgan fingerprint density at radius 3 is 2.23 bits per heavy atom. The number of carbonyl (C=O) groups excluding carboxylic acids is 1. The number of imidazole rings is 1. The van der Waals surface area contributed by atoms with Gasteiger partial charge in [0.15, 0.2) is 10.8 Å². The number of hydrogen-bond acceptors (Lipinski definition) is 5. The molecule has 6 aromatic rings. The first kappa shape index (κ1) is 20.9. The van der Waals surface area contributed by atoms with Crippen molar-refractivity contribution in [3.8, 4) is 22.5 Å². The van der Waals surface area contributed by atoms with E-state index in [2.05, 4.69) is 25.7 Å². The number of anilines is 3. The molecule has 0 unspecified atom stereocenters. The molecule has 0 saturated carbocycles. The number of nitrogens with zero attached hydrogens (tertiary/aromatic N) is 3. The van der Waals surface area contributed by atoms with E-state index in [9.17, 15) is 4.79 Å². The molecule has 170 valence electrons. The van der Waals surface area contributed by atoms with Crippen molar-refractivity contribution in [1.29, 1.82) is 0 Å². The van der Waals surface area contributed by atoms with E-state index < -0.39 is 0 Å². The summed E-state index contributed by atoms with van der Waals surface area (Å²) >= 11 is 1.39. The maximum absolute atomic E-state index is 13.5. The van der Waals surface area contributed by atoms with Crippen LogP contribution >= 0.6 is 11.3 Å². The highest BCUT2D eigenvalue weighted by atomic mass is 32.1. The quantitative estimate of drug-likeness (QED) is 0.258. The van der Waals surface area contributed by atoms with E-state index in [-0.39, 0.29) is 5.91 Å². The van der Waals surface area contributed by atoms with Crippen molar-refractivity contribution in [3.05, 3.63) is 108 Å². The molecule has 0 fully saturated rings. The fourth-order valence-electron chi connectivity index (χ4n) is 3.94. The van der Waals surface area contributed by atoms with Crippen LogP contribution in [0.15, 0.2) is 103 Å². The predicted molar refractivity (Wildman–Crippen MR) is 140 cm³/mol. The fourth-order valence-corrected chi connectivity index (χ4v) is 4.65. The monoisotopic (exact) mass is 476 g/mol. The lowest BCUT2D eigenvalue weighted by atomic mass is 10.2. The first-order chi connectivity index (χ1) is 17.3. The Hall–Kier alpha value is -4.69. The second kappa shape index (κ2) is 8.92. The number of hydrogen-bond donors (Lipinski definition) is 3. The third kappa shape index (κ3) is 4.07. The van der Waals surface area contributed by atoms with Gasteiger partial charge in [-0.2, -0.15) is 0 Å². The highest BCUT2D eigenvalue weighted by molar-refractivity contribution is 7.14. The number of nitrogens with one attached hydrogen (secondary N) is 3.